The maximum absolute atomic E-state index is 12.5. The lowest BCUT2D eigenvalue weighted by Gasteiger charge is -2.32. The molecule has 1 aliphatic rings. The normalized spacial score (nSPS) is 18.5. The van der Waals surface area contributed by atoms with E-state index >= 15 is 0 Å². The van der Waals surface area contributed by atoms with Crippen LogP contribution < -0.4 is 0 Å². The molecule has 0 radical (unpaired) electrons. The molecule has 0 unspecified atom stereocenters. The first-order chi connectivity index (χ1) is 11.5. The third-order valence-corrected chi connectivity index (χ3v) is 5.57. The predicted octanol–water partition coefficient (Wildman–Crippen LogP) is 4.07. The molecule has 0 aliphatic carbocycles. The number of piperidine rings is 1. The summed E-state index contributed by atoms with van der Waals surface area (Å²) in [6, 6.07) is 10.2. The Morgan fingerprint density at radius 1 is 1.17 bits per heavy atom. The summed E-state index contributed by atoms with van der Waals surface area (Å²) in [5.41, 5.74) is 0.606. The van der Waals surface area contributed by atoms with Gasteiger partial charge in [-0.15, -0.1) is 11.3 Å². The van der Waals surface area contributed by atoms with Gasteiger partial charge in [0, 0.05) is 22.0 Å². The van der Waals surface area contributed by atoms with Crippen molar-refractivity contribution in [2.45, 2.75) is 31.8 Å². The summed E-state index contributed by atoms with van der Waals surface area (Å²) in [4.78, 5) is 27.5. The maximum atomic E-state index is 12.5. The topological polar surface area (TPSA) is 57.6 Å². The Labute approximate surface area is 149 Å². The number of carbonyl (C=O) groups excluding carboxylic acids is 1. The molecule has 24 heavy (non-hydrogen) atoms. The number of rotatable bonds is 5. The van der Waals surface area contributed by atoms with Crippen LogP contribution >= 0.6 is 22.9 Å². The Morgan fingerprint density at radius 3 is 2.62 bits per heavy atom. The van der Waals surface area contributed by atoms with Gasteiger partial charge in [0.05, 0.1) is 4.88 Å². The quantitative estimate of drug-likeness (QED) is 0.813. The van der Waals surface area contributed by atoms with Crippen LogP contribution in [-0.2, 0) is 11.3 Å². The average molecular weight is 364 g/mol. The summed E-state index contributed by atoms with van der Waals surface area (Å²) in [5.74, 6) is -0.792. The van der Waals surface area contributed by atoms with Crippen LogP contribution in [0.25, 0.3) is 0 Å². The summed E-state index contributed by atoms with van der Waals surface area (Å²) >= 11 is 7.28. The van der Waals surface area contributed by atoms with Gasteiger partial charge in [-0.05, 0) is 55.8 Å². The highest BCUT2D eigenvalue weighted by Crippen LogP contribution is 2.25. The Balaban J connectivity index is 1.72. The zero-order valence-electron chi connectivity index (χ0n) is 13.1. The molecule has 2 heterocycles. The highest BCUT2D eigenvalue weighted by molar-refractivity contribution is 7.14. The molecule has 1 aromatic heterocycles. The third-order valence-electron chi connectivity index (χ3n) is 4.25. The molecule has 126 valence electrons. The van der Waals surface area contributed by atoms with Crippen molar-refractivity contribution in [2.75, 3.05) is 6.54 Å². The highest BCUT2D eigenvalue weighted by Gasteiger charge is 2.28. The standard InChI is InChI=1S/C18H18ClNO3S/c19-13-6-4-12(5-7-13)17(21)16-9-8-14(24-16)11-20-10-2-1-3-15(20)18(22)23/h4-9,15H,1-3,10-11H2,(H,22,23)/t15-/m0/s1. The molecule has 0 bridgehead atoms. The van der Waals surface area contributed by atoms with E-state index in [2.05, 4.69) is 0 Å². The van der Waals surface area contributed by atoms with Crippen LogP contribution in [0.5, 0.6) is 0 Å². The summed E-state index contributed by atoms with van der Waals surface area (Å²) < 4.78 is 0. The SMILES string of the molecule is O=C(c1ccc(Cl)cc1)c1ccc(CN2CCCC[C@H]2C(=O)O)s1. The maximum Gasteiger partial charge on any atom is 0.320 e. The van der Waals surface area contributed by atoms with E-state index < -0.39 is 12.0 Å². The average Bonchev–Trinajstić information content (AvgIpc) is 3.04. The number of benzene rings is 1. The van der Waals surface area contributed by atoms with E-state index in [1.54, 1.807) is 24.3 Å². The number of ketones is 1. The Kier molecular flexibility index (Phi) is 5.33. The van der Waals surface area contributed by atoms with Crippen molar-refractivity contribution < 1.29 is 14.7 Å². The molecule has 1 atom stereocenters. The lowest BCUT2D eigenvalue weighted by Crippen LogP contribution is -2.43. The number of carboxylic acids is 1. The summed E-state index contributed by atoms with van der Waals surface area (Å²) in [6.45, 7) is 1.37. The van der Waals surface area contributed by atoms with Crippen LogP contribution in [0.1, 0.15) is 39.4 Å². The van der Waals surface area contributed by atoms with Crippen LogP contribution in [0.15, 0.2) is 36.4 Å². The summed E-state index contributed by atoms with van der Waals surface area (Å²) in [5, 5.41) is 9.95. The smallest absolute Gasteiger partial charge is 0.320 e. The van der Waals surface area contributed by atoms with Crippen LogP contribution in [0.4, 0.5) is 0 Å². The molecule has 0 saturated carbocycles. The van der Waals surface area contributed by atoms with Crippen LogP contribution in [-0.4, -0.2) is 34.3 Å². The second-order valence-corrected chi connectivity index (χ2v) is 7.53. The Bertz CT molecular complexity index is 741. The number of nitrogens with zero attached hydrogens (tertiary/aromatic N) is 1. The predicted molar refractivity (Wildman–Crippen MR) is 94.9 cm³/mol. The first-order valence-electron chi connectivity index (χ1n) is 7.90. The van der Waals surface area contributed by atoms with E-state index in [4.69, 9.17) is 11.6 Å². The number of aliphatic carboxylic acids is 1. The fourth-order valence-corrected chi connectivity index (χ4v) is 4.11. The van der Waals surface area contributed by atoms with Crippen molar-refractivity contribution in [3.8, 4) is 0 Å². The van der Waals surface area contributed by atoms with Gasteiger partial charge >= 0.3 is 5.97 Å². The number of likely N-dealkylation sites (tertiary alicyclic amines) is 1. The Hall–Kier alpha value is -1.69. The van der Waals surface area contributed by atoms with E-state index in [1.807, 2.05) is 17.0 Å². The van der Waals surface area contributed by atoms with Gasteiger partial charge in [0.25, 0.3) is 0 Å². The molecule has 6 heteroatoms. The molecule has 1 aromatic carbocycles. The number of thiophene rings is 1. The molecule has 4 nitrogen and oxygen atoms in total. The zero-order valence-corrected chi connectivity index (χ0v) is 14.6. The number of hydrogen-bond donors (Lipinski definition) is 1. The van der Waals surface area contributed by atoms with Crippen molar-refractivity contribution in [1.29, 1.82) is 0 Å². The second kappa shape index (κ2) is 7.47. The van der Waals surface area contributed by atoms with E-state index in [0.717, 1.165) is 24.3 Å². The molecule has 1 aliphatic heterocycles. The largest absolute Gasteiger partial charge is 0.480 e. The highest BCUT2D eigenvalue weighted by atomic mass is 35.5. The van der Waals surface area contributed by atoms with Crippen LogP contribution in [0.3, 0.4) is 0 Å². The third kappa shape index (κ3) is 3.86. The van der Waals surface area contributed by atoms with Crippen LogP contribution in [0.2, 0.25) is 5.02 Å². The molecule has 0 amide bonds. The monoisotopic (exact) mass is 363 g/mol. The first kappa shape index (κ1) is 17.1. The van der Waals surface area contributed by atoms with E-state index in [1.165, 1.54) is 11.3 Å². The summed E-state index contributed by atoms with van der Waals surface area (Å²) in [6.07, 6.45) is 2.67. The lowest BCUT2D eigenvalue weighted by molar-refractivity contribution is -0.144. The number of hydrogen-bond acceptors (Lipinski definition) is 4. The molecular weight excluding hydrogens is 346 g/mol. The molecule has 1 saturated heterocycles. The second-order valence-electron chi connectivity index (χ2n) is 5.92. The van der Waals surface area contributed by atoms with Crippen molar-refractivity contribution >= 4 is 34.7 Å². The van der Waals surface area contributed by atoms with Gasteiger partial charge in [-0.3, -0.25) is 14.5 Å². The molecule has 1 fully saturated rings. The van der Waals surface area contributed by atoms with E-state index in [0.29, 0.717) is 28.4 Å². The summed E-state index contributed by atoms with van der Waals surface area (Å²) in [7, 11) is 0. The van der Waals surface area contributed by atoms with Gasteiger partial charge in [0.15, 0.2) is 0 Å². The van der Waals surface area contributed by atoms with Gasteiger partial charge < -0.3 is 5.11 Å². The van der Waals surface area contributed by atoms with Gasteiger partial charge in [0.2, 0.25) is 5.78 Å². The number of carboxylic acid groups (broad SMARTS) is 1. The minimum Gasteiger partial charge on any atom is -0.480 e. The van der Waals surface area contributed by atoms with Crippen LogP contribution in [0, 0.1) is 0 Å². The fraction of sp³-hybridized carbons (Fsp3) is 0.333. The first-order valence-corrected chi connectivity index (χ1v) is 9.10. The fourth-order valence-electron chi connectivity index (χ4n) is 2.99. The van der Waals surface area contributed by atoms with Gasteiger partial charge in [-0.2, -0.15) is 0 Å². The van der Waals surface area contributed by atoms with Crippen molar-refractivity contribution in [3.05, 3.63) is 56.7 Å². The number of halogens is 1. The molecule has 3 rings (SSSR count). The van der Waals surface area contributed by atoms with Gasteiger partial charge in [-0.1, -0.05) is 18.0 Å². The van der Waals surface area contributed by atoms with E-state index in [9.17, 15) is 14.7 Å². The molecule has 0 spiro atoms. The van der Waals surface area contributed by atoms with Gasteiger partial charge in [-0.25, -0.2) is 0 Å². The van der Waals surface area contributed by atoms with Crippen molar-refractivity contribution in [2.24, 2.45) is 0 Å². The van der Waals surface area contributed by atoms with Crippen molar-refractivity contribution in [1.82, 2.24) is 4.90 Å². The molecular formula is C18H18ClNO3S. The number of carbonyl (C=O) groups is 2. The minimum absolute atomic E-state index is 0.0312. The molecule has 2 aromatic rings. The molecule has 1 N–H and O–H groups in total. The minimum atomic E-state index is -0.760. The lowest BCUT2D eigenvalue weighted by atomic mass is 10.0. The Morgan fingerprint density at radius 2 is 1.92 bits per heavy atom. The van der Waals surface area contributed by atoms with Gasteiger partial charge in [0.1, 0.15) is 6.04 Å². The zero-order chi connectivity index (χ0) is 17.1. The van der Waals surface area contributed by atoms with E-state index in [-0.39, 0.29) is 5.78 Å². The van der Waals surface area contributed by atoms with Crippen molar-refractivity contribution in [3.63, 3.8) is 0 Å².